The van der Waals surface area contributed by atoms with Gasteiger partial charge in [0.2, 0.25) is 0 Å². The third-order valence-electron chi connectivity index (χ3n) is 9.15. The van der Waals surface area contributed by atoms with E-state index in [1.807, 2.05) is 12.2 Å². The van der Waals surface area contributed by atoms with E-state index in [0.29, 0.717) is 19.3 Å². The topological polar surface area (TPSA) is 149 Å². The summed E-state index contributed by atoms with van der Waals surface area (Å²) in [6.45, 7) is 2.02. The van der Waals surface area contributed by atoms with Gasteiger partial charge in [-0.05, 0) is 77.0 Å². The van der Waals surface area contributed by atoms with Gasteiger partial charge in [-0.3, -0.25) is 18.6 Å². The number of phosphoric acid groups is 1. The van der Waals surface area contributed by atoms with Gasteiger partial charge < -0.3 is 24.6 Å². The van der Waals surface area contributed by atoms with Crippen molar-refractivity contribution in [3.63, 3.8) is 0 Å². The molecule has 0 amide bonds. The molecule has 10 nitrogen and oxygen atoms in total. The zero-order valence-electron chi connectivity index (χ0n) is 36.2. The van der Waals surface area contributed by atoms with Crippen molar-refractivity contribution in [2.24, 2.45) is 0 Å². The summed E-state index contributed by atoms with van der Waals surface area (Å²) in [5, 5.41) is 19.2. The van der Waals surface area contributed by atoms with Crippen LogP contribution in [0.15, 0.2) is 72.9 Å². The molecular weight excluding hydrogens is 755 g/mol. The summed E-state index contributed by atoms with van der Waals surface area (Å²) in [4.78, 5) is 34.5. The molecule has 0 aliphatic carbocycles. The molecule has 0 aliphatic rings. The Hall–Kier alpha value is -2.59. The van der Waals surface area contributed by atoms with Gasteiger partial charge in [0.05, 0.1) is 26.4 Å². The van der Waals surface area contributed by atoms with Crippen molar-refractivity contribution in [3.8, 4) is 0 Å². The molecule has 334 valence electrons. The number of rotatable bonds is 41. The molecule has 0 aromatic carbocycles. The van der Waals surface area contributed by atoms with Gasteiger partial charge in [0, 0.05) is 12.8 Å². The lowest BCUT2D eigenvalue weighted by Crippen LogP contribution is -2.28. The molecule has 58 heavy (non-hydrogen) atoms. The van der Waals surface area contributed by atoms with Crippen molar-refractivity contribution in [1.29, 1.82) is 0 Å². The molecule has 0 rings (SSSR count). The smallest absolute Gasteiger partial charge is 0.457 e. The fraction of sp³-hybridized carbons (Fsp3) is 0.702. The number of aliphatic hydroxyl groups is 2. The lowest BCUT2D eigenvalue weighted by Gasteiger charge is -2.20. The van der Waals surface area contributed by atoms with Crippen molar-refractivity contribution >= 4 is 19.8 Å². The Balaban J connectivity index is 4.00. The van der Waals surface area contributed by atoms with Gasteiger partial charge in [-0.15, -0.1) is 0 Å². The van der Waals surface area contributed by atoms with Gasteiger partial charge in [0.1, 0.15) is 12.2 Å². The molecule has 0 aromatic rings. The molecule has 0 bridgehead atoms. The Morgan fingerprint density at radius 1 is 0.483 bits per heavy atom. The van der Waals surface area contributed by atoms with E-state index in [0.717, 1.165) is 57.8 Å². The molecular formula is C47H81O10P. The summed E-state index contributed by atoms with van der Waals surface area (Å²) in [7, 11) is -4.66. The number of carbonyl (C=O) groups is 2. The summed E-state index contributed by atoms with van der Waals surface area (Å²) < 4.78 is 32.5. The molecule has 3 atom stereocenters. The summed E-state index contributed by atoms with van der Waals surface area (Å²) in [5.74, 6) is -1.09. The van der Waals surface area contributed by atoms with Crippen LogP contribution < -0.4 is 0 Å². The SMILES string of the molecule is CC/C=C\C/C=C\C/C=C\C/C=C\C/C=C\CCCC(=O)OC(CO)COP(=O)(O)OCC(CO)OC(=O)CCCCCCCCC/C=C\CCCCCCCCC. The molecule has 0 saturated carbocycles. The fourth-order valence-corrected chi connectivity index (χ4v) is 6.52. The Labute approximate surface area is 352 Å². The number of carbonyl (C=O) groups excluding carboxylic acids is 2. The fourth-order valence-electron chi connectivity index (χ4n) is 5.73. The van der Waals surface area contributed by atoms with Crippen LogP contribution in [0.25, 0.3) is 0 Å². The van der Waals surface area contributed by atoms with Crippen LogP contribution in [0.1, 0.15) is 174 Å². The maximum Gasteiger partial charge on any atom is 0.472 e. The van der Waals surface area contributed by atoms with Crippen LogP contribution in [-0.4, -0.2) is 65.7 Å². The number of ether oxygens (including phenoxy) is 2. The Kier molecular flexibility index (Phi) is 40.6. The van der Waals surface area contributed by atoms with Crippen molar-refractivity contribution in [3.05, 3.63) is 72.9 Å². The van der Waals surface area contributed by atoms with Crippen LogP contribution in [-0.2, 0) is 32.7 Å². The summed E-state index contributed by atoms with van der Waals surface area (Å²) in [6.07, 6.45) is 48.8. The lowest BCUT2D eigenvalue weighted by molar-refractivity contribution is -0.153. The third kappa shape index (κ3) is 40.2. The number of unbranched alkanes of at least 4 members (excludes halogenated alkanes) is 15. The second-order valence-electron chi connectivity index (χ2n) is 14.6. The highest BCUT2D eigenvalue weighted by atomic mass is 31.2. The molecule has 0 radical (unpaired) electrons. The predicted octanol–water partition coefficient (Wildman–Crippen LogP) is 12.1. The third-order valence-corrected chi connectivity index (χ3v) is 10.1. The number of hydrogen-bond acceptors (Lipinski definition) is 9. The quantitative estimate of drug-likeness (QED) is 0.0235. The molecule has 0 aliphatic heterocycles. The van der Waals surface area contributed by atoms with Crippen LogP contribution >= 0.6 is 7.82 Å². The monoisotopic (exact) mass is 837 g/mol. The van der Waals surface area contributed by atoms with Crippen LogP contribution in [0.2, 0.25) is 0 Å². The van der Waals surface area contributed by atoms with Crippen LogP contribution in [0, 0.1) is 0 Å². The first kappa shape index (κ1) is 55.4. The average molecular weight is 837 g/mol. The number of allylic oxidation sites excluding steroid dienone is 12. The van der Waals surface area contributed by atoms with E-state index in [1.165, 1.54) is 70.6 Å². The standard InChI is InChI=1S/C47H81O10P/c1-3-5-7-9-11-13-15-17-19-21-23-25-27-29-31-33-35-37-39-47(51)57-45(41-49)43-55-58(52,53)54-42-44(40-48)56-46(50)38-36-34-32-30-28-26-24-22-20-18-16-14-12-10-8-6-4-2/h6,8,12,14,18-21,24,26,30,32,44-45,48-49H,3-5,7,9-11,13,15-17,22-23,25,27-29,31,33-43H2,1-2H3,(H,52,53)/b8-6-,14-12-,20-18-,21-19-,26-24-,32-30-. The first-order chi connectivity index (χ1) is 28.3. The summed E-state index contributed by atoms with van der Waals surface area (Å²) in [5.41, 5.74) is 0. The number of esters is 2. The number of hydrogen-bond donors (Lipinski definition) is 3. The van der Waals surface area contributed by atoms with E-state index in [4.69, 9.17) is 18.5 Å². The minimum absolute atomic E-state index is 0.110. The highest BCUT2D eigenvalue weighted by Crippen LogP contribution is 2.43. The van der Waals surface area contributed by atoms with Crippen LogP contribution in [0.5, 0.6) is 0 Å². The summed E-state index contributed by atoms with van der Waals surface area (Å²) >= 11 is 0. The summed E-state index contributed by atoms with van der Waals surface area (Å²) in [6, 6.07) is 0. The van der Waals surface area contributed by atoms with Gasteiger partial charge in [-0.2, -0.15) is 0 Å². The maximum atomic E-state index is 12.4. The van der Waals surface area contributed by atoms with Crippen molar-refractivity contribution in [2.45, 2.75) is 187 Å². The van der Waals surface area contributed by atoms with E-state index in [9.17, 15) is 29.3 Å². The van der Waals surface area contributed by atoms with E-state index < -0.39 is 58.4 Å². The molecule has 0 fully saturated rings. The predicted molar refractivity (Wildman–Crippen MR) is 237 cm³/mol. The largest absolute Gasteiger partial charge is 0.472 e. The number of aliphatic hydroxyl groups excluding tert-OH is 2. The Morgan fingerprint density at radius 3 is 1.26 bits per heavy atom. The van der Waals surface area contributed by atoms with Crippen LogP contribution in [0.3, 0.4) is 0 Å². The second-order valence-corrected chi connectivity index (χ2v) is 16.1. The first-order valence-corrected chi connectivity index (χ1v) is 23.9. The zero-order valence-corrected chi connectivity index (χ0v) is 37.1. The molecule has 0 aromatic heterocycles. The Bertz CT molecular complexity index is 1190. The van der Waals surface area contributed by atoms with Crippen molar-refractivity contribution in [1.82, 2.24) is 0 Å². The average Bonchev–Trinajstić information content (AvgIpc) is 3.21. The van der Waals surface area contributed by atoms with Crippen molar-refractivity contribution in [2.75, 3.05) is 26.4 Å². The highest BCUT2D eigenvalue weighted by Gasteiger charge is 2.27. The molecule has 3 unspecified atom stereocenters. The van der Waals surface area contributed by atoms with E-state index in [2.05, 4.69) is 74.6 Å². The molecule has 0 heterocycles. The Morgan fingerprint density at radius 2 is 0.828 bits per heavy atom. The number of phosphoric ester groups is 1. The van der Waals surface area contributed by atoms with E-state index in [-0.39, 0.29) is 12.8 Å². The highest BCUT2D eigenvalue weighted by molar-refractivity contribution is 7.47. The molecule has 0 spiro atoms. The minimum atomic E-state index is -4.66. The zero-order chi connectivity index (χ0) is 42.6. The van der Waals surface area contributed by atoms with Gasteiger partial charge in [0.15, 0.2) is 0 Å². The van der Waals surface area contributed by atoms with Crippen molar-refractivity contribution < 1.29 is 47.8 Å². The molecule has 0 saturated heterocycles. The van der Waals surface area contributed by atoms with Gasteiger partial charge in [-0.1, -0.05) is 157 Å². The molecule has 11 heteroatoms. The van der Waals surface area contributed by atoms with Gasteiger partial charge in [0.25, 0.3) is 0 Å². The maximum absolute atomic E-state index is 12.4. The van der Waals surface area contributed by atoms with E-state index >= 15 is 0 Å². The van der Waals surface area contributed by atoms with Gasteiger partial charge in [-0.25, -0.2) is 4.57 Å². The molecule has 3 N–H and O–H groups in total. The normalized spacial score (nSPS) is 14.5. The second kappa shape index (κ2) is 42.5. The van der Waals surface area contributed by atoms with E-state index in [1.54, 1.807) is 0 Å². The first-order valence-electron chi connectivity index (χ1n) is 22.4. The van der Waals surface area contributed by atoms with Gasteiger partial charge >= 0.3 is 19.8 Å². The minimum Gasteiger partial charge on any atom is -0.457 e. The lowest BCUT2D eigenvalue weighted by atomic mass is 10.1. The van der Waals surface area contributed by atoms with Crippen LogP contribution in [0.4, 0.5) is 0 Å².